The van der Waals surface area contributed by atoms with Crippen LogP contribution < -0.4 is 4.90 Å². The number of halogens is 1. The number of aromatic nitrogens is 2. The maximum absolute atomic E-state index is 15.0. The molecule has 1 aliphatic heterocycles. The molecule has 3 aromatic rings. The van der Waals surface area contributed by atoms with Gasteiger partial charge in [-0.1, -0.05) is 24.3 Å². The quantitative estimate of drug-likeness (QED) is 0.548. The fourth-order valence-corrected chi connectivity index (χ4v) is 3.94. The van der Waals surface area contributed by atoms with Crippen LogP contribution in [0.4, 0.5) is 10.1 Å². The van der Waals surface area contributed by atoms with Crippen molar-refractivity contribution in [2.45, 2.75) is 20.0 Å². The van der Waals surface area contributed by atoms with Gasteiger partial charge in [0.25, 0.3) is 0 Å². The van der Waals surface area contributed by atoms with Crippen molar-refractivity contribution in [3.63, 3.8) is 0 Å². The molecule has 0 aliphatic carbocycles. The van der Waals surface area contributed by atoms with Crippen LogP contribution in [0.25, 0.3) is 22.2 Å². The summed E-state index contributed by atoms with van der Waals surface area (Å²) in [4.78, 5) is 15.4. The predicted molar refractivity (Wildman–Crippen MR) is 130 cm³/mol. The molecule has 1 aromatic heterocycles. The molecule has 2 heterocycles. The lowest BCUT2D eigenvalue weighted by Crippen LogP contribution is -2.36. The second-order valence-electron chi connectivity index (χ2n) is 8.06. The van der Waals surface area contributed by atoms with Crippen LogP contribution in [0.5, 0.6) is 0 Å². The lowest BCUT2D eigenvalue weighted by atomic mass is 9.98. The first kappa shape index (κ1) is 22.8. The highest BCUT2D eigenvalue weighted by Gasteiger charge is 2.19. The number of hydrogen-bond donors (Lipinski definition) is 1. The first-order chi connectivity index (χ1) is 16.0. The smallest absolute Gasteiger partial charge is 0.132 e. The first-order valence-corrected chi connectivity index (χ1v) is 10.9. The molecule has 7 heteroatoms. The molecule has 170 valence electrons. The maximum Gasteiger partial charge on any atom is 0.132 e. The van der Waals surface area contributed by atoms with Crippen molar-refractivity contribution in [1.29, 1.82) is 0 Å². The maximum atomic E-state index is 15.0. The summed E-state index contributed by atoms with van der Waals surface area (Å²) in [6, 6.07) is 10.5. The van der Waals surface area contributed by atoms with E-state index in [9.17, 15) is 9.50 Å². The number of rotatable bonds is 6. The van der Waals surface area contributed by atoms with Gasteiger partial charge in [-0.25, -0.2) is 14.4 Å². The molecule has 33 heavy (non-hydrogen) atoms. The summed E-state index contributed by atoms with van der Waals surface area (Å²) in [5.74, 6) is -0.420. The second-order valence-corrected chi connectivity index (χ2v) is 8.06. The Morgan fingerprint density at radius 1 is 1.18 bits per heavy atom. The minimum atomic E-state index is -1.01. The zero-order valence-electron chi connectivity index (χ0n) is 18.8. The lowest BCUT2D eigenvalue weighted by Gasteiger charge is -2.29. The van der Waals surface area contributed by atoms with E-state index in [1.54, 1.807) is 18.2 Å². The van der Waals surface area contributed by atoms with Crippen LogP contribution in [0, 0.1) is 5.82 Å². The third-order valence-corrected chi connectivity index (χ3v) is 5.65. The summed E-state index contributed by atoms with van der Waals surface area (Å²) in [7, 11) is 0. The molecule has 1 atom stereocenters. The number of aliphatic imine (C=N–C) groups is 1. The largest absolute Gasteiger partial charge is 0.382 e. The Bertz CT molecular complexity index is 1230. The molecule has 0 saturated carbocycles. The molecule has 0 unspecified atom stereocenters. The Labute approximate surface area is 192 Å². The van der Waals surface area contributed by atoms with E-state index < -0.39 is 11.9 Å². The van der Waals surface area contributed by atoms with E-state index in [1.165, 1.54) is 18.6 Å². The van der Waals surface area contributed by atoms with E-state index in [4.69, 9.17) is 4.74 Å². The topological polar surface area (TPSA) is 70.8 Å². The van der Waals surface area contributed by atoms with Gasteiger partial charge in [0.05, 0.1) is 30.1 Å². The average molecular weight is 447 g/mol. The van der Waals surface area contributed by atoms with Crippen LogP contribution in [0.15, 0.2) is 71.6 Å². The fourth-order valence-electron chi connectivity index (χ4n) is 3.94. The highest BCUT2D eigenvalue weighted by molar-refractivity contribution is 5.94. The van der Waals surface area contributed by atoms with Crippen molar-refractivity contribution in [2.24, 2.45) is 4.99 Å². The molecule has 0 spiro atoms. The molecule has 0 amide bonds. The highest BCUT2D eigenvalue weighted by Crippen LogP contribution is 2.33. The molecule has 1 N–H and O–H groups in total. The van der Waals surface area contributed by atoms with E-state index in [0.717, 1.165) is 35.3 Å². The summed E-state index contributed by atoms with van der Waals surface area (Å²) in [5.41, 5.74) is 4.45. The van der Waals surface area contributed by atoms with Gasteiger partial charge in [0.1, 0.15) is 18.2 Å². The minimum absolute atomic E-state index is 0.305. The number of hydrogen-bond acceptors (Lipinski definition) is 6. The molecular formula is C26H27FN4O2. The van der Waals surface area contributed by atoms with Crippen molar-refractivity contribution in [3.8, 4) is 11.3 Å². The monoisotopic (exact) mass is 446 g/mol. The van der Waals surface area contributed by atoms with Gasteiger partial charge in [-0.15, -0.1) is 0 Å². The number of nitrogens with zero attached hydrogens (tertiary/aromatic N) is 4. The number of fused-ring (bicyclic) bond motifs is 1. The van der Waals surface area contributed by atoms with Gasteiger partial charge >= 0.3 is 0 Å². The summed E-state index contributed by atoms with van der Waals surface area (Å²) in [5, 5.41) is 11.7. The molecule has 1 saturated heterocycles. The lowest BCUT2D eigenvalue weighted by molar-refractivity contribution is 0.122. The van der Waals surface area contributed by atoms with Crippen LogP contribution in [0.2, 0.25) is 0 Å². The van der Waals surface area contributed by atoms with E-state index >= 15 is 0 Å². The fraction of sp³-hybridized carbons (Fsp3) is 0.269. The number of allylic oxidation sites excluding steroid dienone is 2. The van der Waals surface area contributed by atoms with Crippen molar-refractivity contribution >= 4 is 22.8 Å². The number of benzene rings is 2. The Morgan fingerprint density at radius 2 is 1.97 bits per heavy atom. The van der Waals surface area contributed by atoms with Crippen LogP contribution in [-0.2, 0) is 4.74 Å². The average Bonchev–Trinajstić information content (AvgIpc) is 2.84. The van der Waals surface area contributed by atoms with E-state index in [0.29, 0.717) is 35.7 Å². The van der Waals surface area contributed by atoms with E-state index in [2.05, 4.69) is 26.4 Å². The molecule has 0 radical (unpaired) electrons. The summed E-state index contributed by atoms with van der Waals surface area (Å²) < 4.78 is 20.4. The third kappa shape index (κ3) is 4.84. The van der Waals surface area contributed by atoms with E-state index in [1.807, 2.05) is 32.0 Å². The summed E-state index contributed by atoms with van der Waals surface area (Å²) in [6.45, 7) is 10.4. The number of aliphatic hydroxyl groups is 1. The minimum Gasteiger partial charge on any atom is -0.382 e. The molecule has 1 aliphatic rings. The van der Waals surface area contributed by atoms with Gasteiger partial charge in [-0.05, 0) is 49.7 Å². The number of morpholine rings is 1. The van der Waals surface area contributed by atoms with Crippen LogP contribution >= 0.6 is 0 Å². The third-order valence-electron chi connectivity index (χ3n) is 5.65. The van der Waals surface area contributed by atoms with Crippen molar-refractivity contribution in [2.75, 3.05) is 31.2 Å². The van der Waals surface area contributed by atoms with Gasteiger partial charge in [-0.2, -0.15) is 0 Å². The number of ether oxygens (including phenoxy) is 1. The Hall–Kier alpha value is -3.42. The first-order valence-electron chi connectivity index (χ1n) is 10.9. The predicted octanol–water partition coefficient (Wildman–Crippen LogP) is 4.86. The van der Waals surface area contributed by atoms with Gasteiger partial charge in [0.15, 0.2) is 0 Å². The van der Waals surface area contributed by atoms with Gasteiger partial charge < -0.3 is 14.7 Å². The van der Waals surface area contributed by atoms with Crippen LogP contribution in [-0.4, -0.2) is 47.6 Å². The van der Waals surface area contributed by atoms with E-state index in [-0.39, 0.29) is 0 Å². The van der Waals surface area contributed by atoms with Gasteiger partial charge in [0.2, 0.25) is 0 Å². The summed E-state index contributed by atoms with van der Waals surface area (Å²) >= 11 is 0. The van der Waals surface area contributed by atoms with Gasteiger partial charge in [0, 0.05) is 35.9 Å². The number of anilines is 1. The Kier molecular flexibility index (Phi) is 6.91. The second kappa shape index (κ2) is 10.0. The van der Waals surface area contributed by atoms with Crippen molar-refractivity contribution in [3.05, 3.63) is 78.0 Å². The molecule has 4 rings (SSSR count). The van der Waals surface area contributed by atoms with Crippen molar-refractivity contribution in [1.82, 2.24) is 9.97 Å². The number of aliphatic hydroxyl groups excluding tert-OH is 1. The Balaban J connectivity index is 1.76. The zero-order valence-corrected chi connectivity index (χ0v) is 18.8. The Morgan fingerprint density at radius 3 is 2.70 bits per heavy atom. The zero-order chi connectivity index (χ0) is 23.4. The molecular weight excluding hydrogens is 419 g/mol. The van der Waals surface area contributed by atoms with Crippen molar-refractivity contribution < 1.29 is 14.2 Å². The normalized spacial score (nSPS) is 15.1. The van der Waals surface area contributed by atoms with Crippen LogP contribution in [0.3, 0.4) is 0 Å². The SMILES string of the molecule is C=C/C=N\C(=C(C)C)[C@H](O)c1ccc(F)c(-c2ncnc3cc(N4CCOCC4)ccc23)c1. The molecule has 1 fully saturated rings. The molecule has 2 aromatic carbocycles. The molecule has 6 nitrogen and oxygen atoms in total. The standard InChI is InChI=1S/C26H27FN4O2/c1-4-9-28-24(17(2)3)26(32)18-5-8-22(27)21(14-18)25-20-7-6-19(15-23(20)29-16-30-25)31-10-12-33-13-11-31/h4-9,14-16,26,32H,1,10-13H2,2-3H3/b28-9-/t26-/m1/s1. The summed E-state index contributed by atoms with van der Waals surface area (Å²) in [6.07, 6.45) is 3.51. The van der Waals surface area contributed by atoms with Gasteiger partial charge in [-0.3, -0.25) is 4.99 Å². The molecule has 0 bridgehead atoms. The highest BCUT2D eigenvalue weighted by atomic mass is 19.1. The van der Waals surface area contributed by atoms with Crippen LogP contribution in [0.1, 0.15) is 25.5 Å².